The second-order valence-corrected chi connectivity index (χ2v) is 6.37. The van der Waals surface area contributed by atoms with Gasteiger partial charge in [-0.2, -0.15) is 13.2 Å². The summed E-state index contributed by atoms with van der Waals surface area (Å²) in [7, 11) is 0. The summed E-state index contributed by atoms with van der Waals surface area (Å²) < 4.78 is 55.2. The minimum Gasteiger partial charge on any atom is -0.486 e. The largest absolute Gasteiger partial charge is 0.486 e. The zero-order valence-electron chi connectivity index (χ0n) is 15.1. The van der Waals surface area contributed by atoms with Crippen molar-refractivity contribution in [2.75, 3.05) is 13.2 Å². The van der Waals surface area contributed by atoms with Crippen LogP contribution in [0.5, 0.6) is 17.2 Å². The molecule has 150 valence electrons. The van der Waals surface area contributed by atoms with E-state index in [1.54, 1.807) is 6.07 Å². The van der Waals surface area contributed by atoms with E-state index in [1.807, 2.05) is 0 Å². The number of aromatic amines is 1. The molecule has 0 saturated heterocycles. The zero-order valence-corrected chi connectivity index (χ0v) is 15.1. The minimum absolute atomic E-state index is 0.0177. The summed E-state index contributed by atoms with van der Waals surface area (Å²) in [6.07, 6.45) is -4.58. The number of ketones is 1. The summed E-state index contributed by atoms with van der Waals surface area (Å²) in [6.45, 7) is 1.82. The number of esters is 1. The molecule has 6 nitrogen and oxygen atoms in total. The van der Waals surface area contributed by atoms with Gasteiger partial charge < -0.3 is 19.2 Å². The third-order valence-corrected chi connectivity index (χ3v) is 4.36. The van der Waals surface area contributed by atoms with Crippen LogP contribution in [0.4, 0.5) is 13.2 Å². The zero-order chi connectivity index (χ0) is 20.8. The predicted octanol–water partition coefficient (Wildman–Crippen LogP) is 4.11. The van der Waals surface area contributed by atoms with Crippen molar-refractivity contribution in [2.45, 2.75) is 13.1 Å². The van der Waals surface area contributed by atoms with Crippen LogP contribution in [0.15, 0.2) is 36.4 Å². The SMILES string of the molecule is CC(=O)Oc1c(C(=O)c2ccc3c(c2)OCCO3)[nH]c2ccc(C(F)(F)F)cc12. The van der Waals surface area contributed by atoms with Crippen molar-refractivity contribution in [3.63, 3.8) is 0 Å². The van der Waals surface area contributed by atoms with E-state index >= 15 is 0 Å². The van der Waals surface area contributed by atoms with E-state index in [4.69, 9.17) is 14.2 Å². The maximum Gasteiger partial charge on any atom is 0.416 e. The molecular weight excluding hydrogens is 391 g/mol. The van der Waals surface area contributed by atoms with E-state index in [9.17, 15) is 22.8 Å². The molecule has 0 unspecified atom stereocenters. The van der Waals surface area contributed by atoms with E-state index < -0.39 is 23.5 Å². The van der Waals surface area contributed by atoms with Crippen LogP contribution >= 0.6 is 0 Å². The number of alkyl halides is 3. The highest BCUT2D eigenvalue weighted by Crippen LogP contribution is 2.38. The average Bonchev–Trinajstić information content (AvgIpc) is 3.03. The van der Waals surface area contributed by atoms with Crippen LogP contribution in [-0.4, -0.2) is 30.0 Å². The van der Waals surface area contributed by atoms with Crippen LogP contribution in [0.25, 0.3) is 10.9 Å². The van der Waals surface area contributed by atoms with Crippen LogP contribution in [0.3, 0.4) is 0 Å². The summed E-state index contributed by atoms with van der Waals surface area (Å²) in [6, 6.07) is 7.45. The first kappa shape index (κ1) is 18.9. The molecule has 0 atom stereocenters. The number of hydrogen-bond acceptors (Lipinski definition) is 5. The van der Waals surface area contributed by atoms with Gasteiger partial charge >= 0.3 is 12.1 Å². The Kier molecular flexibility index (Phi) is 4.45. The topological polar surface area (TPSA) is 77.6 Å². The fraction of sp³-hybridized carbons (Fsp3) is 0.200. The molecule has 1 aliphatic rings. The lowest BCUT2D eigenvalue weighted by molar-refractivity contribution is -0.137. The molecule has 0 amide bonds. The molecule has 1 aromatic heterocycles. The Morgan fingerprint density at radius 2 is 1.76 bits per heavy atom. The van der Waals surface area contributed by atoms with Crippen molar-refractivity contribution in [3.8, 4) is 17.2 Å². The Labute approximate surface area is 162 Å². The first-order valence-electron chi connectivity index (χ1n) is 8.60. The van der Waals surface area contributed by atoms with Gasteiger partial charge in [-0.15, -0.1) is 0 Å². The quantitative estimate of drug-likeness (QED) is 0.524. The molecular formula is C20H14F3NO5. The molecule has 0 fully saturated rings. The number of H-pyrrole nitrogens is 1. The van der Waals surface area contributed by atoms with Gasteiger partial charge in [-0.05, 0) is 36.4 Å². The van der Waals surface area contributed by atoms with Gasteiger partial charge in [0, 0.05) is 23.4 Å². The number of fused-ring (bicyclic) bond motifs is 2. The lowest BCUT2D eigenvalue weighted by Crippen LogP contribution is -2.16. The molecule has 9 heteroatoms. The Balaban J connectivity index is 1.83. The highest BCUT2D eigenvalue weighted by atomic mass is 19.4. The maximum absolute atomic E-state index is 13.1. The van der Waals surface area contributed by atoms with E-state index in [0.717, 1.165) is 19.1 Å². The van der Waals surface area contributed by atoms with E-state index in [1.165, 1.54) is 18.2 Å². The number of carbonyl (C=O) groups excluding carboxylic acids is 2. The number of nitrogens with one attached hydrogen (secondary N) is 1. The van der Waals surface area contributed by atoms with Gasteiger partial charge in [0.2, 0.25) is 5.78 Å². The average molecular weight is 405 g/mol. The highest BCUT2D eigenvalue weighted by Gasteiger charge is 2.32. The summed E-state index contributed by atoms with van der Waals surface area (Å²) >= 11 is 0. The molecule has 1 N–H and O–H groups in total. The van der Waals surface area contributed by atoms with Crippen molar-refractivity contribution in [2.24, 2.45) is 0 Å². The second kappa shape index (κ2) is 6.84. The van der Waals surface area contributed by atoms with Crippen LogP contribution in [-0.2, 0) is 11.0 Å². The molecule has 0 radical (unpaired) electrons. The normalized spacial score (nSPS) is 13.4. The lowest BCUT2D eigenvalue weighted by atomic mass is 10.1. The number of benzene rings is 2. The van der Waals surface area contributed by atoms with Gasteiger partial charge in [0.15, 0.2) is 17.2 Å². The lowest BCUT2D eigenvalue weighted by Gasteiger charge is -2.18. The van der Waals surface area contributed by atoms with E-state index in [-0.39, 0.29) is 27.9 Å². The predicted molar refractivity (Wildman–Crippen MR) is 95.5 cm³/mol. The second-order valence-electron chi connectivity index (χ2n) is 6.37. The summed E-state index contributed by atoms with van der Waals surface area (Å²) in [5, 5.41) is -0.0177. The van der Waals surface area contributed by atoms with Crippen LogP contribution in [0, 0.1) is 0 Å². The van der Waals surface area contributed by atoms with Crippen molar-refractivity contribution < 1.29 is 37.0 Å². The number of aromatic nitrogens is 1. The molecule has 0 saturated carbocycles. The van der Waals surface area contributed by atoms with Crippen LogP contribution in [0.2, 0.25) is 0 Å². The van der Waals surface area contributed by atoms with Crippen molar-refractivity contribution >= 4 is 22.7 Å². The molecule has 3 aromatic rings. The first-order valence-corrected chi connectivity index (χ1v) is 8.60. The number of hydrogen-bond donors (Lipinski definition) is 1. The standard InChI is InChI=1S/C20H14F3NO5/c1-10(25)29-19-13-9-12(20(21,22)23)3-4-14(13)24-17(19)18(26)11-2-5-15-16(8-11)28-7-6-27-15/h2-5,8-9,24H,6-7H2,1H3. The van der Waals surface area contributed by atoms with Gasteiger partial charge in [0.25, 0.3) is 0 Å². The highest BCUT2D eigenvalue weighted by molar-refractivity contribution is 6.14. The third kappa shape index (κ3) is 3.51. The molecule has 1 aliphatic heterocycles. The van der Waals surface area contributed by atoms with Gasteiger partial charge in [0.05, 0.1) is 5.56 Å². The fourth-order valence-electron chi connectivity index (χ4n) is 3.08. The van der Waals surface area contributed by atoms with Crippen molar-refractivity contribution in [3.05, 3.63) is 53.2 Å². The summed E-state index contributed by atoms with van der Waals surface area (Å²) in [4.78, 5) is 27.3. The molecule has 0 aliphatic carbocycles. The molecule has 0 bridgehead atoms. The number of ether oxygens (including phenoxy) is 3. The van der Waals surface area contributed by atoms with Gasteiger partial charge in [0.1, 0.15) is 18.9 Å². The Hall–Kier alpha value is -3.49. The van der Waals surface area contributed by atoms with Gasteiger partial charge in [-0.1, -0.05) is 0 Å². The fourth-order valence-corrected chi connectivity index (χ4v) is 3.08. The monoisotopic (exact) mass is 405 g/mol. The number of carbonyl (C=O) groups is 2. The summed E-state index contributed by atoms with van der Waals surface area (Å²) in [5.74, 6) is -0.716. The molecule has 2 heterocycles. The third-order valence-electron chi connectivity index (χ3n) is 4.36. The molecule has 2 aromatic carbocycles. The van der Waals surface area contributed by atoms with Gasteiger partial charge in [-0.25, -0.2) is 0 Å². The number of halogens is 3. The van der Waals surface area contributed by atoms with Crippen molar-refractivity contribution in [1.29, 1.82) is 0 Å². The summed E-state index contributed by atoms with van der Waals surface area (Å²) in [5.41, 5.74) is -0.623. The van der Waals surface area contributed by atoms with Crippen LogP contribution in [0.1, 0.15) is 28.5 Å². The smallest absolute Gasteiger partial charge is 0.416 e. The Morgan fingerprint density at radius 3 is 2.45 bits per heavy atom. The Morgan fingerprint density at radius 1 is 1.03 bits per heavy atom. The van der Waals surface area contributed by atoms with Gasteiger partial charge in [-0.3, -0.25) is 9.59 Å². The van der Waals surface area contributed by atoms with E-state index in [2.05, 4.69) is 4.98 Å². The number of rotatable bonds is 3. The first-order chi connectivity index (χ1) is 13.7. The minimum atomic E-state index is -4.58. The molecule has 4 rings (SSSR count). The molecule has 0 spiro atoms. The molecule has 29 heavy (non-hydrogen) atoms. The Bertz CT molecular complexity index is 1130. The van der Waals surface area contributed by atoms with Crippen molar-refractivity contribution in [1.82, 2.24) is 4.98 Å². The van der Waals surface area contributed by atoms with E-state index in [0.29, 0.717) is 24.7 Å². The maximum atomic E-state index is 13.1. The van der Waals surface area contributed by atoms with Crippen LogP contribution < -0.4 is 14.2 Å².